The SMILES string of the molecule is CN(Cc1cccc(O)c1)C(=O)c1c[nH]ccc1=O. The van der Waals surface area contributed by atoms with Crippen molar-refractivity contribution < 1.29 is 9.90 Å². The Morgan fingerprint density at radius 1 is 1.37 bits per heavy atom. The van der Waals surface area contributed by atoms with Crippen molar-refractivity contribution in [2.45, 2.75) is 6.54 Å². The number of aromatic hydroxyl groups is 1. The second kappa shape index (κ2) is 5.39. The molecule has 1 amide bonds. The number of hydrogen-bond acceptors (Lipinski definition) is 3. The molecule has 0 spiro atoms. The molecule has 0 saturated heterocycles. The molecule has 1 aromatic heterocycles. The largest absolute Gasteiger partial charge is 0.508 e. The fourth-order valence-electron chi connectivity index (χ4n) is 1.79. The van der Waals surface area contributed by atoms with E-state index in [4.69, 9.17) is 0 Å². The maximum atomic E-state index is 12.1. The van der Waals surface area contributed by atoms with Crippen molar-refractivity contribution in [3.8, 4) is 5.75 Å². The molecule has 2 rings (SSSR count). The van der Waals surface area contributed by atoms with Crippen molar-refractivity contribution in [2.24, 2.45) is 0 Å². The van der Waals surface area contributed by atoms with Gasteiger partial charge in [-0.25, -0.2) is 0 Å². The number of nitrogens with one attached hydrogen (secondary N) is 1. The molecule has 5 nitrogen and oxygen atoms in total. The molecule has 0 saturated carbocycles. The van der Waals surface area contributed by atoms with Crippen LogP contribution < -0.4 is 5.43 Å². The lowest BCUT2D eigenvalue weighted by molar-refractivity contribution is 0.0783. The summed E-state index contributed by atoms with van der Waals surface area (Å²) in [6.07, 6.45) is 2.87. The van der Waals surface area contributed by atoms with Gasteiger partial charge in [0.1, 0.15) is 11.3 Å². The molecule has 0 aliphatic rings. The van der Waals surface area contributed by atoms with Crippen molar-refractivity contribution >= 4 is 5.91 Å². The van der Waals surface area contributed by atoms with Crippen LogP contribution in [0.15, 0.2) is 47.5 Å². The van der Waals surface area contributed by atoms with E-state index in [2.05, 4.69) is 4.98 Å². The van der Waals surface area contributed by atoms with Crippen LogP contribution in [0.25, 0.3) is 0 Å². The maximum Gasteiger partial charge on any atom is 0.259 e. The Hall–Kier alpha value is -2.56. The van der Waals surface area contributed by atoms with Gasteiger partial charge in [0.25, 0.3) is 5.91 Å². The van der Waals surface area contributed by atoms with Gasteiger partial charge in [0.2, 0.25) is 0 Å². The number of hydrogen-bond donors (Lipinski definition) is 2. The van der Waals surface area contributed by atoms with Crippen molar-refractivity contribution in [2.75, 3.05) is 7.05 Å². The number of nitrogens with zero attached hydrogens (tertiary/aromatic N) is 1. The zero-order valence-electron chi connectivity index (χ0n) is 10.5. The van der Waals surface area contributed by atoms with E-state index in [-0.39, 0.29) is 22.6 Å². The van der Waals surface area contributed by atoms with Crippen molar-refractivity contribution in [1.82, 2.24) is 9.88 Å². The number of aromatic amines is 1. The predicted molar refractivity (Wildman–Crippen MR) is 71.0 cm³/mol. The lowest BCUT2D eigenvalue weighted by atomic mass is 10.2. The number of pyridine rings is 1. The van der Waals surface area contributed by atoms with E-state index in [0.717, 1.165) is 5.56 Å². The van der Waals surface area contributed by atoms with Gasteiger partial charge in [0.15, 0.2) is 5.43 Å². The average Bonchev–Trinajstić information content (AvgIpc) is 2.38. The summed E-state index contributed by atoms with van der Waals surface area (Å²) in [6, 6.07) is 7.97. The van der Waals surface area contributed by atoms with Crippen LogP contribution in [0.5, 0.6) is 5.75 Å². The number of carbonyl (C=O) groups is 1. The molecule has 0 aliphatic carbocycles. The molecule has 0 fully saturated rings. The molecular formula is C14H14N2O3. The first-order valence-electron chi connectivity index (χ1n) is 5.78. The number of aromatic nitrogens is 1. The number of carbonyl (C=O) groups excluding carboxylic acids is 1. The molecule has 2 aromatic rings. The third-order valence-electron chi connectivity index (χ3n) is 2.73. The monoisotopic (exact) mass is 258 g/mol. The van der Waals surface area contributed by atoms with Gasteiger partial charge in [-0.1, -0.05) is 12.1 Å². The minimum atomic E-state index is -0.356. The normalized spacial score (nSPS) is 10.2. The highest BCUT2D eigenvalue weighted by atomic mass is 16.3. The van der Waals surface area contributed by atoms with Crippen LogP contribution in [0.1, 0.15) is 15.9 Å². The average molecular weight is 258 g/mol. The van der Waals surface area contributed by atoms with Crippen LogP contribution in [-0.4, -0.2) is 27.9 Å². The first-order valence-corrected chi connectivity index (χ1v) is 5.78. The quantitative estimate of drug-likeness (QED) is 0.872. The van der Waals surface area contributed by atoms with E-state index in [0.29, 0.717) is 6.54 Å². The van der Waals surface area contributed by atoms with Gasteiger partial charge in [-0.2, -0.15) is 0 Å². The summed E-state index contributed by atoms with van der Waals surface area (Å²) in [6.45, 7) is 0.321. The third kappa shape index (κ3) is 3.01. The smallest absolute Gasteiger partial charge is 0.259 e. The summed E-state index contributed by atoms with van der Waals surface area (Å²) >= 11 is 0. The number of H-pyrrole nitrogens is 1. The molecule has 98 valence electrons. The first kappa shape index (κ1) is 12.9. The van der Waals surface area contributed by atoms with E-state index in [9.17, 15) is 14.7 Å². The van der Waals surface area contributed by atoms with Crippen LogP contribution in [0.2, 0.25) is 0 Å². The molecule has 2 N–H and O–H groups in total. The van der Waals surface area contributed by atoms with Crippen molar-refractivity contribution in [1.29, 1.82) is 0 Å². The molecule has 0 bridgehead atoms. The minimum Gasteiger partial charge on any atom is -0.508 e. The fraction of sp³-hybridized carbons (Fsp3) is 0.143. The van der Waals surface area contributed by atoms with Gasteiger partial charge >= 0.3 is 0 Å². The van der Waals surface area contributed by atoms with Gasteiger partial charge in [-0.05, 0) is 17.7 Å². The highest BCUT2D eigenvalue weighted by Gasteiger charge is 2.14. The van der Waals surface area contributed by atoms with E-state index < -0.39 is 0 Å². The Bertz CT molecular complexity index is 649. The number of phenolic OH excluding ortho intramolecular Hbond substituents is 1. The lowest BCUT2D eigenvalue weighted by Crippen LogP contribution is -2.30. The zero-order valence-corrected chi connectivity index (χ0v) is 10.5. The van der Waals surface area contributed by atoms with Gasteiger partial charge in [0, 0.05) is 32.1 Å². The highest BCUT2D eigenvalue weighted by molar-refractivity contribution is 5.93. The number of rotatable bonds is 3. The standard InChI is InChI=1S/C14H14N2O3/c1-16(9-10-3-2-4-11(17)7-10)14(19)12-8-15-6-5-13(12)18/h2-8,17H,9H2,1H3,(H,15,18). The summed E-state index contributed by atoms with van der Waals surface area (Å²) in [5.74, 6) is -0.207. The highest BCUT2D eigenvalue weighted by Crippen LogP contribution is 2.13. The summed E-state index contributed by atoms with van der Waals surface area (Å²) in [5.41, 5.74) is 0.583. The van der Waals surface area contributed by atoms with Crippen LogP contribution in [0, 0.1) is 0 Å². The summed E-state index contributed by atoms with van der Waals surface area (Å²) in [7, 11) is 1.61. The predicted octanol–water partition coefficient (Wildman–Crippen LogP) is 1.35. The Morgan fingerprint density at radius 2 is 2.16 bits per heavy atom. The Kier molecular flexibility index (Phi) is 3.66. The van der Waals surface area contributed by atoms with Crippen molar-refractivity contribution in [3.05, 3.63) is 64.1 Å². The third-order valence-corrected chi connectivity index (χ3v) is 2.73. The van der Waals surface area contributed by atoms with Crippen LogP contribution in [0.4, 0.5) is 0 Å². The molecule has 0 aliphatic heterocycles. The zero-order chi connectivity index (χ0) is 13.8. The Morgan fingerprint density at radius 3 is 2.84 bits per heavy atom. The van der Waals surface area contributed by atoms with Crippen LogP contribution >= 0.6 is 0 Å². The second-order valence-corrected chi connectivity index (χ2v) is 4.25. The van der Waals surface area contributed by atoms with Gasteiger partial charge in [-0.3, -0.25) is 9.59 Å². The molecule has 1 heterocycles. The maximum absolute atomic E-state index is 12.1. The number of amides is 1. The van der Waals surface area contributed by atoms with Crippen molar-refractivity contribution in [3.63, 3.8) is 0 Å². The van der Waals surface area contributed by atoms with Crippen LogP contribution in [0.3, 0.4) is 0 Å². The molecule has 19 heavy (non-hydrogen) atoms. The summed E-state index contributed by atoms with van der Waals surface area (Å²) in [5, 5.41) is 9.37. The molecular weight excluding hydrogens is 244 g/mol. The lowest BCUT2D eigenvalue weighted by Gasteiger charge is -2.16. The van der Waals surface area contributed by atoms with Gasteiger partial charge in [0.05, 0.1) is 0 Å². The summed E-state index contributed by atoms with van der Waals surface area (Å²) in [4.78, 5) is 27.8. The number of phenols is 1. The van der Waals surface area contributed by atoms with Gasteiger partial charge < -0.3 is 15.0 Å². The Labute approximate surface area is 110 Å². The van der Waals surface area contributed by atoms with E-state index in [1.807, 2.05) is 0 Å². The topological polar surface area (TPSA) is 73.4 Å². The number of benzene rings is 1. The Balaban J connectivity index is 2.17. The van der Waals surface area contributed by atoms with E-state index >= 15 is 0 Å². The second-order valence-electron chi connectivity index (χ2n) is 4.25. The molecule has 5 heteroatoms. The van der Waals surface area contributed by atoms with E-state index in [1.165, 1.54) is 23.4 Å². The molecule has 0 radical (unpaired) electrons. The molecule has 0 atom stereocenters. The van der Waals surface area contributed by atoms with Gasteiger partial charge in [-0.15, -0.1) is 0 Å². The van der Waals surface area contributed by atoms with E-state index in [1.54, 1.807) is 31.3 Å². The minimum absolute atomic E-state index is 0.102. The fourth-order valence-corrected chi connectivity index (χ4v) is 1.79. The first-order chi connectivity index (χ1) is 9.08. The summed E-state index contributed by atoms with van der Waals surface area (Å²) < 4.78 is 0. The molecule has 0 unspecified atom stereocenters. The molecule has 1 aromatic carbocycles. The van der Waals surface area contributed by atoms with Crippen LogP contribution in [-0.2, 0) is 6.54 Å².